The summed E-state index contributed by atoms with van der Waals surface area (Å²) in [7, 11) is 0. The third-order valence-corrected chi connectivity index (χ3v) is 2.04. The van der Waals surface area contributed by atoms with Gasteiger partial charge < -0.3 is 10.4 Å². The molecule has 0 amide bonds. The first-order chi connectivity index (χ1) is 7.75. The highest BCUT2D eigenvalue weighted by Crippen LogP contribution is 2.02. The van der Waals surface area contributed by atoms with E-state index in [1.165, 1.54) is 12.5 Å². The summed E-state index contributed by atoms with van der Waals surface area (Å²) < 4.78 is 0. The minimum absolute atomic E-state index is 0.154. The van der Waals surface area contributed by atoms with Gasteiger partial charge in [-0.3, -0.25) is 0 Å². The van der Waals surface area contributed by atoms with E-state index in [2.05, 4.69) is 15.3 Å². The van der Waals surface area contributed by atoms with E-state index >= 15 is 0 Å². The molecule has 0 aliphatic carbocycles. The number of carbonyl (C=O) groups is 1. The Bertz CT molecular complexity index is 377. The zero-order valence-electron chi connectivity index (χ0n) is 9.18. The molecule has 0 spiro atoms. The molecule has 1 aromatic heterocycles. The van der Waals surface area contributed by atoms with Crippen molar-refractivity contribution in [1.82, 2.24) is 15.3 Å². The van der Waals surface area contributed by atoms with Crippen molar-refractivity contribution < 1.29 is 9.90 Å². The van der Waals surface area contributed by atoms with Crippen molar-refractivity contribution in [2.45, 2.75) is 19.9 Å². The molecule has 0 bridgehead atoms. The van der Waals surface area contributed by atoms with Crippen LogP contribution in [-0.2, 0) is 6.54 Å². The number of rotatable bonds is 6. The Morgan fingerprint density at radius 1 is 1.62 bits per heavy atom. The maximum absolute atomic E-state index is 10.8. The van der Waals surface area contributed by atoms with Crippen LogP contribution in [0.5, 0.6) is 0 Å². The van der Waals surface area contributed by atoms with Crippen LogP contribution in [0.3, 0.4) is 0 Å². The third-order valence-electron chi connectivity index (χ3n) is 2.04. The van der Waals surface area contributed by atoms with Crippen molar-refractivity contribution in [2.24, 2.45) is 0 Å². The fraction of sp³-hybridized carbons (Fsp3) is 0.364. The molecule has 5 heteroatoms. The summed E-state index contributed by atoms with van der Waals surface area (Å²) in [5.41, 5.74) is 0.670. The number of nitrogens with one attached hydrogen (secondary N) is 1. The molecule has 1 aromatic rings. The monoisotopic (exact) mass is 221 g/mol. The van der Waals surface area contributed by atoms with E-state index in [0.717, 1.165) is 13.0 Å². The smallest absolute Gasteiger partial charge is 0.339 e. The standard InChI is InChI=1S/C11H15N3O2/c1-2-3-4-5-12-7-10-9(11(15)16)6-13-8-14-10/h2-3,6,8,12H,4-5,7H2,1H3,(H,15,16)/b3-2+. The number of carboxylic acids is 1. The highest BCUT2D eigenvalue weighted by molar-refractivity contribution is 5.88. The Balaban J connectivity index is 2.50. The normalized spacial score (nSPS) is 10.8. The summed E-state index contributed by atoms with van der Waals surface area (Å²) in [5, 5.41) is 12.0. The Kier molecular flexibility index (Phi) is 5.15. The lowest BCUT2D eigenvalue weighted by Gasteiger charge is -2.04. The number of aromatic nitrogens is 2. The van der Waals surface area contributed by atoms with Crippen LogP contribution in [0.25, 0.3) is 0 Å². The van der Waals surface area contributed by atoms with Gasteiger partial charge in [-0.05, 0) is 19.9 Å². The van der Waals surface area contributed by atoms with Crippen LogP contribution in [0.4, 0.5) is 0 Å². The van der Waals surface area contributed by atoms with Gasteiger partial charge in [0, 0.05) is 12.7 Å². The van der Waals surface area contributed by atoms with Gasteiger partial charge in [-0.25, -0.2) is 14.8 Å². The van der Waals surface area contributed by atoms with Crippen LogP contribution in [0.1, 0.15) is 29.4 Å². The Morgan fingerprint density at radius 3 is 3.12 bits per heavy atom. The fourth-order valence-corrected chi connectivity index (χ4v) is 1.23. The molecule has 16 heavy (non-hydrogen) atoms. The zero-order chi connectivity index (χ0) is 11.8. The molecule has 0 aliphatic rings. The van der Waals surface area contributed by atoms with E-state index in [1.807, 2.05) is 19.1 Å². The van der Waals surface area contributed by atoms with E-state index < -0.39 is 5.97 Å². The van der Waals surface area contributed by atoms with Crippen molar-refractivity contribution >= 4 is 5.97 Å². The topological polar surface area (TPSA) is 75.1 Å². The number of nitrogens with zero attached hydrogens (tertiary/aromatic N) is 2. The second-order valence-electron chi connectivity index (χ2n) is 3.22. The van der Waals surface area contributed by atoms with Gasteiger partial charge >= 0.3 is 5.97 Å². The molecule has 1 rings (SSSR count). The summed E-state index contributed by atoms with van der Waals surface area (Å²) in [5.74, 6) is -0.995. The highest BCUT2D eigenvalue weighted by Gasteiger charge is 2.10. The van der Waals surface area contributed by atoms with Crippen molar-refractivity contribution in [3.63, 3.8) is 0 Å². The fourth-order valence-electron chi connectivity index (χ4n) is 1.23. The van der Waals surface area contributed by atoms with Crippen molar-refractivity contribution in [2.75, 3.05) is 6.54 Å². The molecule has 0 atom stereocenters. The Labute approximate surface area is 94.2 Å². The van der Waals surface area contributed by atoms with Gasteiger partial charge in [0.2, 0.25) is 0 Å². The highest BCUT2D eigenvalue weighted by atomic mass is 16.4. The van der Waals surface area contributed by atoms with Gasteiger partial charge in [-0.1, -0.05) is 12.2 Å². The van der Waals surface area contributed by atoms with Gasteiger partial charge in [-0.15, -0.1) is 0 Å². The first-order valence-corrected chi connectivity index (χ1v) is 5.09. The van der Waals surface area contributed by atoms with Gasteiger partial charge in [0.1, 0.15) is 11.9 Å². The molecule has 5 nitrogen and oxygen atoms in total. The van der Waals surface area contributed by atoms with Crippen LogP contribution in [0.2, 0.25) is 0 Å². The molecule has 0 unspecified atom stereocenters. The number of allylic oxidation sites excluding steroid dienone is 1. The number of carboxylic acid groups (broad SMARTS) is 1. The minimum atomic E-state index is -0.995. The Morgan fingerprint density at radius 2 is 2.44 bits per heavy atom. The quantitative estimate of drug-likeness (QED) is 0.558. The average molecular weight is 221 g/mol. The molecule has 0 saturated heterocycles. The molecule has 0 fully saturated rings. The molecule has 2 N–H and O–H groups in total. The van der Waals surface area contributed by atoms with E-state index in [-0.39, 0.29) is 5.56 Å². The lowest BCUT2D eigenvalue weighted by atomic mass is 10.2. The molecule has 1 heterocycles. The predicted molar refractivity (Wildman–Crippen MR) is 60.1 cm³/mol. The van der Waals surface area contributed by atoms with Gasteiger partial charge in [-0.2, -0.15) is 0 Å². The second kappa shape index (κ2) is 6.68. The first-order valence-electron chi connectivity index (χ1n) is 5.09. The van der Waals surface area contributed by atoms with Crippen LogP contribution in [-0.4, -0.2) is 27.6 Å². The summed E-state index contributed by atoms with van der Waals surface area (Å²) in [6.07, 6.45) is 7.62. The SMILES string of the molecule is C/C=C/CCNCc1ncncc1C(=O)O. The maximum atomic E-state index is 10.8. The predicted octanol–water partition coefficient (Wildman–Crippen LogP) is 1.23. The summed E-state index contributed by atoms with van der Waals surface area (Å²) in [6.45, 7) is 3.21. The maximum Gasteiger partial charge on any atom is 0.339 e. The van der Waals surface area contributed by atoms with Gasteiger partial charge in [0.25, 0.3) is 0 Å². The van der Waals surface area contributed by atoms with Crippen molar-refractivity contribution in [1.29, 1.82) is 0 Å². The summed E-state index contributed by atoms with van der Waals surface area (Å²) in [6, 6.07) is 0. The van der Waals surface area contributed by atoms with Gasteiger partial charge in [0.15, 0.2) is 0 Å². The van der Waals surface area contributed by atoms with E-state index in [0.29, 0.717) is 12.2 Å². The zero-order valence-corrected chi connectivity index (χ0v) is 9.18. The summed E-state index contributed by atoms with van der Waals surface area (Å²) in [4.78, 5) is 18.5. The van der Waals surface area contributed by atoms with E-state index in [9.17, 15) is 4.79 Å². The lowest BCUT2D eigenvalue weighted by Crippen LogP contribution is -2.18. The first kappa shape index (κ1) is 12.3. The van der Waals surface area contributed by atoms with Crippen molar-refractivity contribution in [3.8, 4) is 0 Å². The second-order valence-corrected chi connectivity index (χ2v) is 3.22. The number of aromatic carboxylic acids is 1. The van der Waals surface area contributed by atoms with Crippen molar-refractivity contribution in [3.05, 3.63) is 35.9 Å². The number of hydrogen-bond acceptors (Lipinski definition) is 4. The largest absolute Gasteiger partial charge is 0.478 e. The molecule has 0 saturated carbocycles. The molecule has 0 aromatic carbocycles. The molecule has 0 aliphatic heterocycles. The van der Waals surface area contributed by atoms with Crippen LogP contribution in [0.15, 0.2) is 24.7 Å². The summed E-state index contributed by atoms with van der Waals surface area (Å²) >= 11 is 0. The van der Waals surface area contributed by atoms with E-state index in [4.69, 9.17) is 5.11 Å². The third kappa shape index (κ3) is 3.78. The Hall–Kier alpha value is -1.75. The average Bonchev–Trinajstić information content (AvgIpc) is 2.29. The van der Waals surface area contributed by atoms with Gasteiger partial charge in [0.05, 0.1) is 5.69 Å². The minimum Gasteiger partial charge on any atom is -0.478 e. The van der Waals surface area contributed by atoms with Crippen LogP contribution in [0, 0.1) is 0 Å². The molecular weight excluding hydrogens is 206 g/mol. The lowest BCUT2D eigenvalue weighted by molar-refractivity contribution is 0.0694. The number of hydrogen-bond donors (Lipinski definition) is 2. The van der Waals surface area contributed by atoms with Crippen LogP contribution >= 0.6 is 0 Å². The molecule has 86 valence electrons. The molecular formula is C11H15N3O2. The van der Waals surface area contributed by atoms with Crippen LogP contribution < -0.4 is 5.32 Å². The van der Waals surface area contributed by atoms with E-state index in [1.54, 1.807) is 0 Å². The molecule has 0 radical (unpaired) electrons.